The maximum absolute atomic E-state index is 10.6. The second-order valence-electron chi connectivity index (χ2n) is 3.37. The maximum Gasteiger partial charge on any atom is 0.405 e. The van der Waals surface area contributed by atoms with Crippen LogP contribution < -0.4 is 5.32 Å². The molecule has 0 saturated carbocycles. The summed E-state index contributed by atoms with van der Waals surface area (Å²) in [5.74, 6) is 0. The molecule has 4 nitrogen and oxygen atoms in total. The molecule has 17 heavy (non-hydrogen) atoms. The summed E-state index contributed by atoms with van der Waals surface area (Å²) in [6.45, 7) is 0. The van der Waals surface area contributed by atoms with Crippen molar-refractivity contribution in [2.75, 3.05) is 0 Å². The molecule has 0 heterocycles. The molecule has 0 bridgehead atoms. The number of benzene rings is 1. The van der Waals surface area contributed by atoms with E-state index in [1.165, 1.54) is 0 Å². The molecule has 1 aromatic carbocycles. The zero-order valence-corrected chi connectivity index (χ0v) is 10.3. The molecule has 1 aromatic rings. The Kier molecular flexibility index (Phi) is 5.08. The minimum atomic E-state index is -1.14. The van der Waals surface area contributed by atoms with Gasteiger partial charge in [-0.1, -0.05) is 29.3 Å². The number of halogens is 2. The van der Waals surface area contributed by atoms with Crippen LogP contribution in [-0.4, -0.2) is 11.2 Å². The lowest BCUT2D eigenvalue weighted by Crippen LogP contribution is -2.26. The van der Waals surface area contributed by atoms with Gasteiger partial charge in [-0.15, -0.1) is 0 Å². The smallest absolute Gasteiger partial charge is 0.405 e. The van der Waals surface area contributed by atoms with E-state index in [4.69, 9.17) is 33.6 Å². The first-order valence-corrected chi connectivity index (χ1v) is 5.61. The first-order valence-electron chi connectivity index (χ1n) is 4.86. The molecule has 0 aliphatic heterocycles. The van der Waals surface area contributed by atoms with Crippen LogP contribution in [0.5, 0.6) is 0 Å². The lowest BCUT2D eigenvalue weighted by Gasteiger charge is -2.16. The van der Waals surface area contributed by atoms with Crippen molar-refractivity contribution in [3.63, 3.8) is 0 Å². The maximum atomic E-state index is 10.6. The van der Waals surface area contributed by atoms with Gasteiger partial charge in [0.2, 0.25) is 0 Å². The SMILES string of the molecule is N#CCCC(NC(=O)O)c1ccc(Cl)c(Cl)c1. The summed E-state index contributed by atoms with van der Waals surface area (Å²) >= 11 is 11.6. The van der Waals surface area contributed by atoms with Gasteiger partial charge in [0.05, 0.1) is 22.2 Å². The topological polar surface area (TPSA) is 73.1 Å². The third-order valence-electron chi connectivity index (χ3n) is 2.19. The van der Waals surface area contributed by atoms with Crippen molar-refractivity contribution < 1.29 is 9.90 Å². The van der Waals surface area contributed by atoms with Gasteiger partial charge in [-0.3, -0.25) is 0 Å². The Morgan fingerprint density at radius 1 is 1.47 bits per heavy atom. The Morgan fingerprint density at radius 2 is 2.18 bits per heavy atom. The Morgan fingerprint density at radius 3 is 2.71 bits per heavy atom. The van der Waals surface area contributed by atoms with E-state index in [0.29, 0.717) is 22.0 Å². The van der Waals surface area contributed by atoms with Crippen molar-refractivity contribution in [3.8, 4) is 6.07 Å². The van der Waals surface area contributed by atoms with Crippen molar-refractivity contribution in [2.45, 2.75) is 18.9 Å². The van der Waals surface area contributed by atoms with E-state index in [9.17, 15) is 4.79 Å². The minimum absolute atomic E-state index is 0.255. The van der Waals surface area contributed by atoms with Crippen molar-refractivity contribution in [1.82, 2.24) is 5.32 Å². The van der Waals surface area contributed by atoms with Gasteiger partial charge in [0, 0.05) is 6.42 Å². The van der Waals surface area contributed by atoms with E-state index in [1.54, 1.807) is 18.2 Å². The van der Waals surface area contributed by atoms with E-state index < -0.39 is 12.1 Å². The molecule has 0 aliphatic rings. The molecular formula is C11H10Cl2N2O2. The highest BCUT2D eigenvalue weighted by molar-refractivity contribution is 6.42. The Bertz CT molecular complexity index is 457. The molecule has 1 unspecified atom stereocenters. The van der Waals surface area contributed by atoms with Crippen LogP contribution in [0.25, 0.3) is 0 Å². The van der Waals surface area contributed by atoms with Crippen molar-refractivity contribution >= 4 is 29.3 Å². The first kappa shape index (κ1) is 13.6. The number of hydrogen-bond donors (Lipinski definition) is 2. The Balaban J connectivity index is 2.91. The predicted molar refractivity (Wildman–Crippen MR) is 65.2 cm³/mol. The molecule has 6 heteroatoms. The van der Waals surface area contributed by atoms with Gasteiger partial charge < -0.3 is 10.4 Å². The molecule has 0 fully saturated rings. The highest BCUT2D eigenvalue weighted by atomic mass is 35.5. The molecule has 1 amide bonds. The van der Waals surface area contributed by atoms with E-state index >= 15 is 0 Å². The van der Waals surface area contributed by atoms with E-state index in [-0.39, 0.29) is 6.42 Å². The van der Waals surface area contributed by atoms with Gasteiger partial charge in [-0.05, 0) is 24.1 Å². The quantitative estimate of drug-likeness (QED) is 0.880. The molecular weight excluding hydrogens is 263 g/mol. The number of nitrogens with zero attached hydrogens (tertiary/aromatic N) is 1. The molecule has 0 aromatic heterocycles. The van der Waals surface area contributed by atoms with Crippen LogP contribution >= 0.6 is 23.2 Å². The molecule has 2 N–H and O–H groups in total. The zero-order chi connectivity index (χ0) is 12.8. The predicted octanol–water partition coefficient (Wildman–Crippen LogP) is 3.61. The second-order valence-corrected chi connectivity index (χ2v) is 4.19. The summed E-state index contributed by atoms with van der Waals surface area (Å²) in [5.41, 5.74) is 0.692. The summed E-state index contributed by atoms with van der Waals surface area (Å²) in [5, 5.41) is 20.3. The van der Waals surface area contributed by atoms with Crippen molar-refractivity contribution in [1.29, 1.82) is 5.26 Å². The van der Waals surface area contributed by atoms with Crippen LogP contribution in [-0.2, 0) is 0 Å². The van der Waals surface area contributed by atoms with Crippen LogP contribution in [0.1, 0.15) is 24.4 Å². The molecule has 0 aliphatic carbocycles. The van der Waals surface area contributed by atoms with Gasteiger partial charge in [0.25, 0.3) is 0 Å². The molecule has 1 rings (SSSR count). The monoisotopic (exact) mass is 272 g/mol. The molecule has 1 atom stereocenters. The van der Waals surface area contributed by atoms with E-state index in [0.717, 1.165) is 0 Å². The largest absolute Gasteiger partial charge is 0.465 e. The average Bonchev–Trinajstić information content (AvgIpc) is 2.27. The average molecular weight is 273 g/mol. The summed E-state index contributed by atoms with van der Waals surface area (Å²) in [7, 11) is 0. The Labute approximate surface area is 109 Å². The summed E-state index contributed by atoms with van der Waals surface area (Å²) < 4.78 is 0. The molecule has 90 valence electrons. The minimum Gasteiger partial charge on any atom is -0.465 e. The normalized spacial score (nSPS) is 11.6. The van der Waals surface area contributed by atoms with Crippen LogP contribution in [0.3, 0.4) is 0 Å². The second kappa shape index (κ2) is 6.33. The number of carboxylic acid groups (broad SMARTS) is 1. The third-order valence-corrected chi connectivity index (χ3v) is 2.93. The summed E-state index contributed by atoms with van der Waals surface area (Å²) in [6.07, 6.45) is -0.495. The number of carbonyl (C=O) groups is 1. The first-order chi connectivity index (χ1) is 8.04. The van der Waals surface area contributed by atoms with Crippen molar-refractivity contribution in [2.24, 2.45) is 0 Å². The van der Waals surface area contributed by atoms with E-state index in [1.807, 2.05) is 6.07 Å². The fraction of sp³-hybridized carbons (Fsp3) is 0.273. The summed E-state index contributed by atoms with van der Waals surface area (Å²) in [6, 6.07) is 6.40. The number of rotatable bonds is 4. The lowest BCUT2D eigenvalue weighted by molar-refractivity contribution is 0.189. The van der Waals surface area contributed by atoms with Crippen molar-refractivity contribution in [3.05, 3.63) is 33.8 Å². The molecule has 0 radical (unpaired) electrons. The highest BCUT2D eigenvalue weighted by Gasteiger charge is 2.14. The van der Waals surface area contributed by atoms with Gasteiger partial charge in [0.15, 0.2) is 0 Å². The fourth-order valence-electron chi connectivity index (χ4n) is 1.41. The van der Waals surface area contributed by atoms with Gasteiger partial charge in [0.1, 0.15) is 0 Å². The number of hydrogen-bond acceptors (Lipinski definition) is 2. The van der Waals surface area contributed by atoms with Gasteiger partial charge >= 0.3 is 6.09 Å². The lowest BCUT2D eigenvalue weighted by atomic mass is 10.0. The zero-order valence-electron chi connectivity index (χ0n) is 8.78. The van der Waals surface area contributed by atoms with Crippen LogP contribution in [0.2, 0.25) is 10.0 Å². The summed E-state index contributed by atoms with van der Waals surface area (Å²) in [4.78, 5) is 10.6. The number of amides is 1. The number of nitriles is 1. The van der Waals surface area contributed by atoms with Crippen LogP contribution in [0, 0.1) is 11.3 Å². The third kappa shape index (κ3) is 4.14. The molecule has 0 saturated heterocycles. The van der Waals surface area contributed by atoms with Gasteiger partial charge in [-0.2, -0.15) is 5.26 Å². The highest BCUT2D eigenvalue weighted by Crippen LogP contribution is 2.27. The molecule has 0 spiro atoms. The van der Waals surface area contributed by atoms with E-state index in [2.05, 4.69) is 5.32 Å². The fourth-order valence-corrected chi connectivity index (χ4v) is 1.72. The number of nitrogens with one attached hydrogen (secondary N) is 1. The van der Waals surface area contributed by atoms with Crippen LogP contribution in [0.4, 0.5) is 4.79 Å². The van der Waals surface area contributed by atoms with Crippen LogP contribution in [0.15, 0.2) is 18.2 Å². The standard InChI is InChI=1S/C11H10Cl2N2O2/c12-8-4-3-7(6-9(8)13)10(2-1-5-14)15-11(16)17/h3-4,6,10,15H,1-2H2,(H,16,17). The van der Waals surface area contributed by atoms with Gasteiger partial charge in [-0.25, -0.2) is 4.79 Å². The Hall–Kier alpha value is -1.44.